The Hall–Kier alpha value is -2.33. The fourth-order valence-corrected chi connectivity index (χ4v) is 3.71. The third-order valence-corrected chi connectivity index (χ3v) is 5.27. The van der Waals surface area contributed by atoms with Crippen molar-refractivity contribution in [1.82, 2.24) is 10.2 Å². The maximum Gasteiger partial charge on any atom is 0.251 e. The van der Waals surface area contributed by atoms with Crippen LogP contribution < -0.4 is 10.2 Å². The number of hydrogen-bond acceptors (Lipinski definition) is 3. The number of rotatable bonds is 7. The normalized spacial score (nSPS) is 17.5. The molecule has 1 amide bonds. The van der Waals surface area contributed by atoms with Gasteiger partial charge in [0.15, 0.2) is 0 Å². The fourth-order valence-electron chi connectivity index (χ4n) is 3.71. The number of hydrogen-bond donors (Lipinski definition) is 1. The lowest BCUT2D eigenvalue weighted by Gasteiger charge is -2.33. The SMILES string of the molecule is CN(C)c1ccc(C(=O)N[C@@H]2CCCN(CCCc3ccccc3)C2)cc1. The Morgan fingerprint density at radius 2 is 1.85 bits per heavy atom. The predicted molar refractivity (Wildman–Crippen MR) is 112 cm³/mol. The molecule has 144 valence electrons. The average molecular weight is 366 g/mol. The third-order valence-electron chi connectivity index (χ3n) is 5.27. The molecule has 2 aromatic carbocycles. The molecular weight excluding hydrogens is 334 g/mol. The Labute approximate surface area is 163 Å². The molecule has 27 heavy (non-hydrogen) atoms. The van der Waals surface area contributed by atoms with Gasteiger partial charge in [0.2, 0.25) is 0 Å². The van der Waals surface area contributed by atoms with Gasteiger partial charge in [-0.2, -0.15) is 0 Å². The molecule has 0 spiro atoms. The Kier molecular flexibility index (Phi) is 6.88. The lowest BCUT2D eigenvalue weighted by molar-refractivity contribution is 0.0903. The van der Waals surface area contributed by atoms with Crippen molar-refractivity contribution in [2.24, 2.45) is 0 Å². The largest absolute Gasteiger partial charge is 0.378 e. The number of amides is 1. The van der Waals surface area contributed by atoms with Gasteiger partial charge in [-0.15, -0.1) is 0 Å². The third kappa shape index (κ3) is 5.83. The smallest absolute Gasteiger partial charge is 0.251 e. The van der Waals surface area contributed by atoms with E-state index in [1.807, 2.05) is 43.3 Å². The summed E-state index contributed by atoms with van der Waals surface area (Å²) in [5, 5.41) is 3.23. The number of benzene rings is 2. The minimum absolute atomic E-state index is 0.0384. The number of piperidine rings is 1. The molecule has 2 aromatic rings. The Bertz CT molecular complexity index is 712. The molecule has 1 aliphatic heterocycles. The fraction of sp³-hybridized carbons (Fsp3) is 0.435. The second kappa shape index (κ2) is 9.56. The number of carbonyl (C=O) groups is 1. The number of nitrogens with zero attached hydrogens (tertiary/aromatic N) is 2. The molecule has 4 nitrogen and oxygen atoms in total. The maximum atomic E-state index is 12.6. The first-order valence-corrected chi connectivity index (χ1v) is 9.96. The summed E-state index contributed by atoms with van der Waals surface area (Å²) in [7, 11) is 4.01. The monoisotopic (exact) mass is 365 g/mol. The zero-order valence-electron chi connectivity index (χ0n) is 16.5. The summed E-state index contributed by atoms with van der Waals surface area (Å²) >= 11 is 0. The van der Waals surface area contributed by atoms with E-state index in [-0.39, 0.29) is 11.9 Å². The first kappa shape index (κ1) is 19.4. The topological polar surface area (TPSA) is 35.6 Å². The highest BCUT2D eigenvalue weighted by molar-refractivity contribution is 5.94. The van der Waals surface area contributed by atoms with Crippen LogP contribution in [-0.2, 0) is 6.42 Å². The van der Waals surface area contributed by atoms with Crippen molar-refractivity contribution in [3.63, 3.8) is 0 Å². The van der Waals surface area contributed by atoms with Crippen LogP contribution in [0.4, 0.5) is 5.69 Å². The van der Waals surface area contributed by atoms with Gasteiger partial charge < -0.3 is 15.1 Å². The first-order chi connectivity index (χ1) is 13.1. The second-order valence-electron chi connectivity index (χ2n) is 7.64. The van der Waals surface area contributed by atoms with Crippen molar-refractivity contribution < 1.29 is 4.79 Å². The van der Waals surface area contributed by atoms with E-state index in [0.717, 1.165) is 56.6 Å². The summed E-state index contributed by atoms with van der Waals surface area (Å²) in [6, 6.07) is 18.7. The molecule has 1 N–H and O–H groups in total. The Balaban J connectivity index is 1.45. The van der Waals surface area contributed by atoms with Crippen LogP contribution >= 0.6 is 0 Å². The van der Waals surface area contributed by atoms with Gasteiger partial charge in [-0.05, 0) is 68.6 Å². The maximum absolute atomic E-state index is 12.6. The number of anilines is 1. The van der Waals surface area contributed by atoms with Gasteiger partial charge in [0.1, 0.15) is 0 Å². The number of likely N-dealkylation sites (tertiary alicyclic amines) is 1. The molecule has 0 saturated carbocycles. The van der Waals surface area contributed by atoms with Crippen LogP contribution in [0, 0.1) is 0 Å². The van der Waals surface area contributed by atoms with Gasteiger partial charge in [0.25, 0.3) is 5.91 Å². The standard InChI is InChI=1S/C23H31N3O/c1-25(2)22-14-12-20(13-15-22)23(27)24-21-11-7-17-26(18-21)16-6-10-19-8-4-3-5-9-19/h3-5,8-9,12-15,21H,6-7,10-11,16-18H2,1-2H3,(H,24,27)/t21-/m1/s1. The number of nitrogens with one attached hydrogen (secondary N) is 1. The molecule has 0 aromatic heterocycles. The molecule has 1 aliphatic rings. The minimum Gasteiger partial charge on any atom is -0.378 e. The molecule has 0 bridgehead atoms. The van der Waals surface area contributed by atoms with E-state index >= 15 is 0 Å². The van der Waals surface area contributed by atoms with Crippen molar-refractivity contribution in [2.45, 2.75) is 31.7 Å². The van der Waals surface area contributed by atoms with Crippen molar-refractivity contribution in [1.29, 1.82) is 0 Å². The Morgan fingerprint density at radius 1 is 1.11 bits per heavy atom. The van der Waals surface area contributed by atoms with Crippen LogP contribution in [0.5, 0.6) is 0 Å². The van der Waals surface area contributed by atoms with E-state index in [1.165, 1.54) is 5.56 Å². The molecule has 4 heteroatoms. The van der Waals surface area contributed by atoms with E-state index in [4.69, 9.17) is 0 Å². The molecule has 1 fully saturated rings. The summed E-state index contributed by atoms with van der Waals surface area (Å²) in [5.41, 5.74) is 3.25. The number of carbonyl (C=O) groups excluding carboxylic acids is 1. The highest BCUT2D eigenvalue weighted by Gasteiger charge is 2.21. The molecule has 1 saturated heterocycles. The quantitative estimate of drug-likeness (QED) is 0.815. The summed E-state index contributed by atoms with van der Waals surface area (Å²) in [6.45, 7) is 3.19. The molecule has 0 radical (unpaired) electrons. The van der Waals surface area contributed by atoms with E-state index < -0.39 is 0 Å². The van der Waals surface area contributed by atoms with Crippen LogP contribution in [-0.4, -0.2) is 50.6 Å². The van der Waals surface area contributed by atoms with Gasteiger partial charge >= 0.3 is 0 Å². The summed E-state index contributed by atoms with van der Waals surface area (Å²) < 4.78 is 0. The second-order valence-corrected chi connectivity index (χ2v) is 7.64. The van der Waals surface area contributed by atoms with Gasteiger partial charge in [0.05, 0.1) is 0 Å². The van der Waals surface area contributed by atoms with E-state index in [1.54, 1.807) is 0 Å². The first-order valence-electron chi connectivity index (χ1n) is 9.96. The molecule has 3 rings (SSSR count). The molecule has 1 heterocycles. The van der Waals surface area contributed by atoms with Crippen LogP contribution in [0.25, 0.3) is 0 Å². The van der Waals surface area contributed by atoms with Gasteiger partial charge in [-0.1, -0.05) is 30.3 Å². The van der Waals surface area contributed by atoms with Crippen molar-refractivity contribution in [2.75, 3.05) is 38.6 Å². The molecule has 0 unspecified atom stereocenters. The Morgan fingerprint density at radius 3 is 2.56 bits per heavy atom. The van der Waals surface area contributed by atoms with Crippen LogP contribution in [0.2, 0.25) is 0 Å². The van der Waals surface area contributed by atoms with Crippen molar-refractivity contribution >= 4 is 11.6 Å². The zero-order chi connectivity index (χ0) is 19.1. The van der Waals surface area contributed by atoms with Crippen molar-refractivity contribution in [3.05, 3.63) is 65.7 Å². The van der Waals surface area contributed by atoms with Crippen molar-refractivity contribution in [3.8, 4) is 0 Å². The van der Waals surface area contributed by atoms with Crippen LogP contribution in [0.3, 0.4) is 0 Å². The van der Waals surface area contributed by atoms with Crippen LogP contribution in [0.15, 0.2) is 54.6 Å². The predicted octanol–water partition coefficient (Wildman–Crippen LogP) is 3.58. The summed E-state index contributed by atoms with van der Waals surface area (Å²) in [6.07, 6.45) is 4.50. The highest BCUT2D eigenvalue weighted by Crippen LogP contribution is 2.15. The molecule has 0 aliphatic carbocycles. The number of aryl methyl sites for hydroxylation is 1. The highest BCUT2D eigenvalue weighted by atomic mass is 16.1. The zero-order valence-corrected chi connectivity index (χ0v) is 16.5. The molecular formula is C23H31N3O. The van der Waals surface area contributed by atoms with Crippen LogP contribution in [0.1, 0.15) is 35.2 Å². The summed E-state index contributed by atoms with van der Waals surface area (Å²) in [5.74, 6) is 0.0384. The van der Waals surface area contributed by atoms with E-state index in [9.17, 15) is 4.79 Å². The van der Waals surface area contributed by atoms with E-state index in [2.05, 4.69) is 40.5 Å². The minimum atomic E-state index is 0.0384. The lowest BCUT2D eigenvalue weighted by Crippen LogP contribution is -2.47. The average Bonchev–Trinajstić information content (AvgIpc) is 2.69. The summed E-state index contributed by atoms with van der Waals surface area (Å²) in [4.78, 5) is 17.1. The van der Waals surface area contributed by atoms with Gasteiger partial charge in [0, 0.05) is 37.9 Å². The van der Waals surface area contributed by atoms with Gasteiger partial charge in [-0.3, -0.25) is 4.79 Å². The molecule has 1 atom stereocenters. The van der Waals surface area contributed by atoms with Gasteiger partial charge in [-0.25, -0.2) is 0 Å². The van der Waals surface area contributed by atoms with E-state index in [0.29, 0.717) is 0 Å². The lowest BCUT2D eigenvalue weighted by atomic mass is 10.0.